The Labute approximate surface area is 148 Å². The summed E-state index contributed by atoms with van der Waals surface area (Å²) in [6.45, 7) is 3.07. The van der Waals surface area contributed by atoms with Gasteiger partial charge in [-0.2, -0.15) is 4.31 Å². The van der Waals surface area contributed by atoms with Crippen LogP contribution in [-0.4, -0.2) is 23.8 Å². The Morgan fingerprint density at radius 2 is 1.60 bits per heavy atom. The lowest BCUT2D eigenvalue weighted by atomic mass is 10.0. The summed E-state index contributed by atoms with van der Waals surface area (Å²) in [5.74, 6) is 0. The van der Waals surface area contributed by atoms with E-state index in [1.165, 1.54) is 0 Å². The molecule has 2 heterocycles. The van der Waals surface area contributed by atoms with Crippen LogP contribution in [0.3, 0.4) is 0 Å². The van der Waals surface area contributed by atoms with Crippen molar-refractivity contribution in [3.63, 3.8) is 0 Å². The fourth-order valence-electron chi connectivity index (χ4n) is 3.44. The van der Waals surface area contributed by atoms with Crippen molar-refractivity contribution in [2.75, 3.05) is 6.54 Å². The van der Waals surface area contributed by atoms with Gasteiger partial charge in [-0.25, -0.2) is 8.42 Å². The predicted molar refractivity (Wildman–Crippen MR) is 97.8 cm³/mol. The number of benzene rings is 2. The molecule has 4 rings (SSSR count). The number of nitrogens with zero attached hydrogens (tertiary/aromatic N) is 2. The molecular formula is C20H20N2O2S. The zero-order valence-electron chi connectivity index (χ0n) is 14.0. The summed E-state index contributed by atoms with van der Waals surface area (Å²) < 4.78 is 30.4. The molecule has 2 aromatic carbocycles. The molecule has 1 aromatic heterocycles. The first-order valence-electron chi connectivity index (χ1n) is 8.36. The summed E-state index contributed by atoms with van der Waals surface area (Å²) in [6, 6.07) is 20.6. The largest absolute Gasteiger partial charge is 0.348 e. The molecule has 25 heavy (non-hydrogen) atoms. The van der Waals surface area contributed by atoms with Gasteiger partial charge in [-0.05, 0) is 36.8 Å². The van der Waals surface area contributed by atoms with Crippen LogP contribution >= 0.6 is 0 Å². The van der Waals surface area contributed by atoms with Crippen LogP contribution in [0.1, 0.15) is 22.9 Å². The van der Waals surface area contributed by atoms with E-state index in [9.17, 15) is 8.42 Å². The number of fused-ring (bicyclic) bond motifs is 1. The van der Waals surface area contributed by atoms with Crippen molar-refractivity contribution in [2.45, 2.75) is 24.4 Å². The summed E-state index contributed by atoms with van der Waals surface area (Å²) in [4.78, 5) is 0.346. The minimum Gasteiger partial charge on any atom is -0.348 e. The first-order chi connectivity index (χ1) is 12.1. The van der Waals surface area contributed by atoms with Crippen LogP contribution in [0, 0.1) is 6.92 Å². The van der Waals surface area contributed by atoms with E-state index in [-0.39, 0.29) is 6.04 Å². The van der Waals surface area contributed by atoms with Gasteiger partial charge in [0.05, 0.1) is 10.9 Å². The minimum absolute atomic E-state index is 0.309. The predicted octanol–water partition coefficient (Wildman–Crippen LogP) is 3.59. The molecular weight excluding hydrogens is 332 g/mol. The van der Waals surface area contributed by atoms with E-state index in [2.05, 4.69) is 4.57 Å². The smallest absolute Gasteiger partial charge is 0.244 e. The summed E-state index contributed by atoms with van der Waals surface area (Å²) in [5, 5.41) is 0. The average molecular weight is 352 g/mol. The van der Waals surface area contributed by atoms with Crippen LogP contribution in [0.15, 0.2) is 77.8 Å². The van der Waals surface area contributed by atoms with Crippen LogP contribution in [0.25, 0.3) is 0 Å². The van der Waals surface area contributed by atoms with E-state index in [0.29, 0.717) is 18.0 Å². The third kappa shape index (κ3) is 2.79. The van der Waals surface area contributed by atoms with Crippen LogP contribution < -0.4 is 0 Å². The molecule has 0 unspecified atom stereocenters. The number of aryl methyl sites for hydroxylation is 1. The second kappa shape index (κ2) is 6.17. The van der Waals surface area contributed by atoms with Crippen molar-refractivity contribution in [3.8, 4) is 0 Å². The van der Waals surface area contributed by atoms with Gasteiger partial charge < -0.3 is 4.57 Å². The topological polar surface area (TPSA) is 42.3 Å². The highest BCUT2D eigenvalue weighted by Gasteiger charge is 2.37. The average Bonchev–Trinajstić information content (AvgIpc) is 3.10. The standard InChI is InChI=1S/C20H20N2O2S/c1-16-9-11-18(12-10-16)25(23,24)22-15-14-21-13-5-8-19(21)20(22)17-6-3-2-4-7-17/h2-13,20H,14-15H2,1H3/t20-/m0/s1. The van der Waals surface area contributed by atoms with Crippen LogP contribution in [0.2, 0.25) is 0 Å². The Hall–Kier alpha value is -2.37. The van der Waals surface area contributed by atoms with Gasteiger partial charge in [0.2, 0.25) is 10.0 Å². The Morgan fingerprint density at radius 1 is 0.880 bits per heavy atom. The quantitative estimate of drug-likeness (QED) is 0.723. The molecule has 4 nitrogen and oxygen atoms in total. The highest BCUT2D eigenvalue weighted by molar-refractivity contribution is 7.89. The molecule has 0 saturated heterocycles. The lowest BCUT2D eigenvalue weighted by Gasteiger charge is -2.36. The van der Waals surface area contributed by atoms with E-state index in [1.807, 2.05) is 67.7 Å². The maximum atomic E-state index is 13.3. The van der Waals surface area contributed by atoms with Crippen LogP contribution in [0.4, 0.5) is 0 Å². The van der Waals surface area contributed by atoms with Gasteiger partial charge >= 0.3 is 0 Å². The summed E-state index contributed by atoms with van der Waals surface area (Å²) in [7, 11) is -3.58. The molecule has 1 aliphatic rings. The van der Waals surface area contributed by atoms with Gasteiger partial charge in [0.15, 0.2) is 0 Å². The number of sulfonamides is 1. The van der Waals surface area contributed by atoms with Crippen molar-refractivity contribution >= 4 is 10.0 Å². The van der Waals surface area contributed by atoms with Crippen molar-refractivity contribution in [3.05, 3.63) is 89.7 Å². The summed E-state index contributed by atoms with van der Waals surface area (Å²) in [5.41, 5.74) is 3.04. The molecule has 0 amide bonds. The molecule has 128 valence electrons. The van der Waals surface area contributed by atoms with E-state index in [0.717, 1.165) is 16.8 Å². The van der Waals surface area contributed by atoms with Gasteiger partial charge in [0, 0.05) is 25.0 Å². The normalized spacial score (nSPS) is 18.0. The molecule has 0 saturated carbocycles. The molecule has 0 fully saturated rings. The zero-order valence-corrected chi connectivity index (χ0v) is 14.9. The molecule has 1 aliphatic heterocycles. The minimum atomic E-state index is -3.58. The first kappa shape index (κ1) is 16.1. The van der Waals surface area contributed by atoms with E-state index < -0.39 is 10.0 Å². The lowest BCUT2D eigenvalue weighted by Crippen LogP contribution is -2.42. The fourth-order valence-corrected chi connectivity index (χ4v) is 5.02. The van der Waals surface area contributed by atoms with Gasteiger partial charge in [-0.15, -0.1) is 0 Å². The second-order valence-electron chi connectivity index (χ2n) is 6.37. The number of hydrogen-bond acceptors (Lipinski definition) is 2. The molecule has 0 spiro atoms. The number of aromatic nitrogens is 1. The van der Waals surface area contributed by atoms with Gasteiger partial charge in [0.25, 0.3) is 0 Å². The summed E-state index contributed by atoms with van der Waals surface area (Å²) >= 11 is 0. The SMILES string of the molecule is Cc1ccc(S(=O)(=O)N2CCn3cccc3[C@@H]2c2ccccc2)cc1. The molecule has 0 radical (unpaired) electrons. The van der Waals surface area contributed by atoms with E-state index in [1.54, 1.807) is 16.4 Å². The van der Waals surface area contributed by atoms with Crippen LogP contribution in [0.5, 0.6) is 0 Å². The number of hydrogen-bond donors (Lipinski definition) is 0. The monoisotopic (exact) mass is 352 g/mol. The molecule has 3 aromatic rings. The second-order valence-corrected chi connectivity index (χ2v) is 8.26. The third-order valence-electron chi connectivity index (χ3n) is 4.74. The fraction of sp³-hybridized carbons (Fsp3) is 0.200. The maximum absolute atomic E-state index is 13.3. The third-order valence-corrected chi connectivity index (χ3v) is 6.62. The van der Waals surface area contributed by atoms with Gasteiger partial charge in [0.1, 0.15) is 0 Å². The summed E-state index contributed by atoms with van der Waals surface area (Å²) in [6.07, 6.45) is 2.01. The van der Waals surface area contributed by atoms with E-state index in [4.69, 9.17) is 0 Å². The Kier molecular flexibility index (Phi) is 3.98. The zero-order chi connectivity index (χ0) is 17.4. The Bertz CT molecular complexity index is 976. The maximum Gasteiger partial charge on any atom is 0.244 e. The molecule has 0 bridgehead atoms. The van der Waals surface area contributed by atoms with E-state index >= 15 is 0 Å². The Morgan fingerprint density at radius 3 is 2.32 bits per heavy atom. The number of rotatable bonds is 3. The lowest BCUT2D eigenvalue weighted by molar-refractivity contribution is 0.298. The first-order valence-corrected chi connectivity index (χ1v) is 9.80. The Balaban J connectivity index is 1.84. The van der Waals surface area contributed by atoms with Gasteiger partial charge in [-0.1, -0.05) is 48.0 Å². The van der Waals surface area contributed by atoms with Crippen LogP contribution in [-0.2, 0) is 16.6 Å². The van der Waals surface area contributed by atoms with Crippen molar-refractivity contribution in [1.82, 2.24) is 8.87 Å². The molecule has 0 N–H and O–H groups in total. The van der Waals surface area contributed by atoms with Crippen molar-refractivity contribution in [2.24, 2.45) is 0 Å². The molecule has 5 heteroatoms. The molecule has 1 atom stereocenters. The van der Waals surface area contributed by atoms with Gasteiger partial charge in [-0.3, -0.25) is 0 Å². The van der Waals surface area contributed by atoms with Crippen molar-refractivity contribution in [1.29, 1.82) is 0 Å². The highest BCUT2D eigenvalue weighted by Crippen LogP contribution is 2.36. The highest BCUT2D eigenvalue weighted by atomic mass is 32.2. The molecule has 0 aliphatic carbocycles. The van der Waals surface area contributed by atoms with Crippen molar-refractivity contribution < 1.29 is 8.42 Å².